The number of hydrogen-bond acceptors (Lipinski definition) is 6. The normalized spacial score (nSPS) is 10.9. The molecule has 2 aromatic heterocycles. The second kappa shape index (κ2) is 7.80. The third-order valence-electron chi connectivity index (χ3n) is 4.21. The van der Waals surface area contributed by atoms with E-state index in [0.29, 0.717) is 33.6 Å². The van der Waals surface area contributed by atoms with E-state index in [4.69, 9.17) is 16.1 Å². The van der Waals surface area contributed by atoms with Gasteiger partial charge in [-0.15, -0.1) is 5.10 Å². The summed E-state index contributed by atoms with van der Waals surface area (Å²) in [6.07, 6.45) is 0. The average Bonchev–Trinajstić information content (AvgIpc) is 3.33. The van der Waals surface area contributed by atoms with Crippen molar-refractivity contribution in [3.05, 3.63) is 76.5 Å². The highest BCUT2D eigenvalue weighted by Gasteiger charge is 2.23. The molecule has 1 amide bonds. The molecule has 0 aliphatic rings. The molecule has 0 spiro atoms. The molecule has 0 saturated carbocycles. The third-order valence-corrected chi connectivity index (χ3v) is 4.54. The van der Waals surface area contributed by atoms with Crippen molar-refractivity contribution in [1.29, 1.82) is 0 Å². The zero-order valence-electron chi connectivity index (χ0n) is 15.1. The van der Waals surface area contributed by atoms with Crippen LogP contribution >= 0.6 is 11.6 Å². The molecule has 0 atom stereocenters. The van der Waals surface area contributed by atoms with Crippen molar-refractivity contribution >= 4 is 17.5 Å². The Bertz CT molecular complexity index is 1190. The summed E-state index contributed by atoms with van der Waals surface area (Å²) in [7, 11) is 0. The second-order valence-corrected chi connectivity index (χ2v) is 6.52. The van der Waals surface area contributed by atoms with Crippen molar-refractivity contribution in [3.8, 4) is 16.9 Å². The highest BCUT2D eigenvalue weighted by molar-refractivity contribution is 6.33. The Hall–Kier alpha value is -3.59. The quantitative estimate of drug-likeness (QED) is 0.539. The van der Waals surface area contributed by atoms with E-state index in [2.05, 4.69) is 26.0 Å². The molecule has 8 nitrogen and oxygen atoms in total. The summed E-state index contributed by atoms with van der Waals surface area (Å²) in [6, 6.07) is 12.8. The minimum atomic E-state index is -0.424. The summed E-state index contributed by atoms with van der Waals surface area (Å²) in [5.74, 6) is -0.163. The van der Waals surface area contributed by atoms with Crippen molar-refractivity contribution < 1.29 is 13.7 Å². The summed E-state index contributed by atoms with van der Waals surface area (Å²) in [4.78, 5) is 12.8. The summed E-state index contributed by atoms with van der Waals surface area (Å²) in [6.45, 7) is 1.65. The van der Waals surface area contributed by atoms with Crippen LogP contribution < -0.4 is 5.32 Å². The first-order valence-corrected chi connectivity index (χ1v) is 8.95. The highest BCUT2D eigenvalue weighted by Crippen LogP contribution is 2.30. The van der Waals surface area contributed by atoms with Gasteiger partial charge in [-0.05, 0) is 41.6 Å². The Morgan fingerprint density at radius 3 is 2.86 bits per heavy atom. The van der Waals surface area contributed by atoms with Crippen LogP contribution in [0.5, 0.6) is 0 Å². The minimum Gasteiger partial charge on any atom is -0.360 e. The Morgan fingerprint density at radius 2 is 2.07 bits per heavy atom. The molecule has 0 saturated heterocycles. The second-order valence-electron chi connectivity index (χ2n) is 6.11. The molecular weight excluding hydrogens is 399 g/mol. The van der Waals surface area contributed by atoms with E-state index in [1.807, 2.05) is 0 Å². The van der Waals surface area contributed by atoms with Crippen molar-refractivity contribution in [2.75, 3.05) is 0 Å². The number of aromatic nitrogens is 5. The lowest BCUT2D eigenvalue weighted by Gasteiger charge is -2.07. The van der Waals surface area contributed by atoms with Gasteiger partial charge in [-0.1, -0.05) is 41.0 Å². The van der Waals surface area contributed by atoms with Crippen molar-refractivity contribution in [2.24, 2.45) is 0 Å². The van der Waals surface area contributed by atoms with Crippen LogP contribution in [0.4, 0.5) is 4.39 Å². The van der Waals surface area contributed by atoms with Crippen LogP contribution in [-0.4, -0.2) is 31.3 Å². The zero-order chi connectivity index (χ0) is 20.4. The molecule has 0 unspecified atom stereocenters. The van der Waals surface area contributed by atoms with Gasteiger partial charge in [0.1, 0.15) is 22.8 Å². The number of amides is 1. The maximum absolute atomic E-state index is 13.5. The first kappa shape index (κ1) is 18.8. The zero-order valence-corrected chi connectivity index (χ0v) is 15.9. The lowest BCUT2D eigenvalue weighted by molar-refractivity contribution is 0.0948. The van der Waals surface area contributed by atoms with Gasteiger partial charge in [0.2, 0.25) is 0 Å². The Balaban J connectivity index is 1.58. The van der Waals surface area contributed by atoms with E-state index in [1.165, 1.54) is 16.8 Å². The number of rotatable bonds is 5. The molecule has 0 radical (unpaired) electrons. The van der Waals surface area contributed by atoms with Crippen LogP contribution in [0.3, 0.4) is 0 Å². The fourth-order valence-corrected chi connectivity index (χ4v) is 3.07. The molecule has 4 rings (SSSR count). The maximum Gasteiger partial charge on any atom is 0.257 e. The fourth-order valence-electron chi connectivity index (χ4n) is 2.85. The average molecular weight is 413 g/mol. The van der Waals surface area contributed by atoms with E-state index in [0.717, 1.165) is 0 Å². The summed E-state index contributed by atoms with van der Waals surface area (Å²) in [5, 5.41) is 18.5. The first-order valence-electron chi connectivity index (χ1n) is 8.57. The Morgan fingerprint density at radius 1 is 1.24 bits per heavy atom. The van der Waals surface area contributed by atoms with E-state index in [1.54, 1.807) is 43.3 Å². The van der Waals surface area contributed by atoms with Gasteiger partial charge in [-0.25, -0.2) is 4.39 Å². The van der Waals surface area contributed by atoms with E-state index < -0.39 is 11.7 Å². The van der Waals surface area contributed by atoms with Crippen molar-refractivity contribution in [1.82, 2.24) is 30.7 Å². The minimum absolute atomic E-state index is 0.00886. The van der Waals surface area contributed by atoms with Crippen LogP contribution in [0.25, 0.3) is 16.9 Å². The molecule has 0 fully saturated rings. The van der Waals surface area contributed by atoms with Crippen molar-refractivity contribution in [2.45, 2.75) is 13.5 Å². The smallest absolute Gasteiger partial charge is 0.257 e. The van der Waals surface area contributed by atoms with Crippen molar-refractivity contribution in [3.63, 3.8) is 0 Å². The van der Waals surface area contributed by atoms with E-state index in [9.17, 15) is 9.18 Å². The molecule has 29 heavy (non-hydrogen) atoms. The topological polar surface area (TPSA) is 98.7 Å². The SMILES string of the molecule is Cc1onc(-c2ccccc2Cl)c1C(=O)NCc1nnnn1-c1cccc(F)c1. The lowest BCUT2D eigenvalue weighted by atomic mass is 10.1. The van der Waals surface area contributed by atoms with Gasteiger partial charge in [-0.2, -0.15) is 4.68 Å². The van der Waals surface area contributed by atoms with Gasteiger partial charge < -0.3 is 9.84 Å². The van der Waals surface area contributed by atoms with E-state index in [-0.39, 0.29) is 12.1 Å². The Kier molecular flexibility index (Phi) is 5.05. The standard InChI is InChI=1S/C19H14ClFN6O2/c1-11-17(18(24-29-11)14-7-2-3-8-15(14)20)19(28)22-10-16-23-25-26-27(16)13-6-4-5-12(21)9-13/h2-9H,10H2,1H3,(H,22,28). The lowest BCUT2D eigenvalue weighted by Crippen LogP contribution is -2.25. The number of carbonyl (C=O) groups is 1. The number of carbonyl (C=O) groups excluding carboxylic acids is 1. The summed E-state index contributed by atoms with van der Waals surface area (Å²) >= 11 is 6.23. The predicted molar refractivity (Wildman–Crippen MR) is 102 cm³/mol. The molecule has 2 heterocycles. The molecule has 1 N–H and O–H groups in total. The van der Waals surface area contributed by atoms with E-state index >= 15 is 0 Å². The molecule has 0 aliphatic carbocycles. The maximum atomic E-state index is 13.5. The van der Waals surface area contributed by atoms with Gasteiger partial charge in [0, 0.05) is 5.56 Å². The number of nitrogens with zero attached hydrogens (tertiary/aromatic N) is 5. The summed E-state index contributed by atoms with van der Waals surface area (Å²) in [5.41, 5.74) is 1.64. The van der Waals surface area contributed by atoms with Gasteiger partial charge in [0.15, 0.2) is 5.82 Å². The molecule has 146 valence electrons. The predicted octanol–water partition coefficient (Wildman–Crippen LogP) is 3.35. The van der Waals surface area contributed by atoms with Gasteiger partial charge in [0.25, 0.3) is 5.91 Å². The summed E-state index contributed by atoms with van der Waals surface area (Å²) < 4.78 is 20.1. The monoisotopic (exact) mass is 412 g/mol. The number of hydrogen-bond donors (Lipinski definition) is 1. The highest BCUT2D eigenvalue weighted by atomic mass is 35.5. The third kappa shape index (κ3) is 3.72. The van der Waals surface area contributed by atoms with Crippen LogP contribution in [-0.2, 0) is 6.54 Å². The molecule has 0 bridgehead atoms. The number of tetrazole rings is 1. The number of nitrogens with one attached hydrogen (secondary N) is 1. The first-order chi connectivity index (χ1) is 14.0. The molecule has 4 aromatic rings. The van der Waals surface area contributed by atoms with Crippen LogP contribution in [0, 0.1) is 12.7 Å². The van der Waals surface area contributed by atoms with Gasteiger partial charge >= 0.3 is 0 Å². The van der Waals surface area contributed by atoms with Crippen LogP contribution in [0.2, 0.25) is 5.02 Å². The molecule has 2 aromatic carbocycles. The van der Waals surface area contributed by atoms with Gasteiger partial charge in [0.05, 0.1) is 17.3 Å². The molecular formula is C19H14ClFN6O2. The fraction of sp³-hybridized carbons (Fsp3) is 0.105. The molecule has 0 aliphatic heterocycles. The number of benzene rings is 2. The van der Waals surface area contributed by atoms with Crippen LogP contribution in [0.15, 0.2) is 53.1 Å². The van der Waals surface area contributed by atoms with Gasteiger partial charge in [-0.3, -0.25) is 4.79 Å². The molecule has 10 heteroatoms. The largest absolute Gasteiger partial charge is 0.360 e. The van der Waals surface area contributed by atoms with Crippen LogP contribution in [0.1, 0.15) is 21.9 Å². The number of halogens is 2. The number of aryl methyl sites for hydroxylation is 1. The Labute approximate surface area is 169 Å².